The molecule has 3 rings (SSSR count). The summed E-state index contributed by atoms with van der Waals surface area (Å²) in [7, 11) is 0. The average molecular weight is 347 g/mol. The first-order valence-corrected chi connectivity index (χ1v) is 7.69. The summed E-state index contributed by atoms with van der Waals surface area (Å²) in [4.78, 5) is 26.0. The molecular formula is C15H15ClN6O2. The van der Waals surface area contributed by atoms with Gasteiger partial charge in [0.2, 0.25) is 11.6 Å². The van der Waals surface area contributed by atoms with Crippen molar-refractivity contribution < 1.29 is 4.79 Å². The maximum atomic E-state index is 11.9. The molecule has 3 aromatic rings. The molecule has 2 heterocycles. The summed E-state index contributed by atoms with van der Waals surface area (Å²) in [5, 5.41) is 14.2. The molecule has 9 heteroatoms. The van der Waals surface area contributed by atoms with Crippen LogP contribution in [0.1, 0.15) is 12.2 Å². The molecule has 0 aliphatic rings. The highest BCUT2D eigenvalue weighted by atomic mass is 35.5. The smallest absolute Gasteiger partial charge is 0.293 e. The van der Waals surface area contributed by atoms with Crippen LogP contribution in [0.2, 0.25) is 5.02 Å². The number of nitrogens with zero attached hydrogens (tertiary/aromatic N) is 3. The Morgan fingerprint density at radius 3 is 3.04 bits per heavy atom. The highest BCUT2D eigenvalue weighted by molar-refractivity contribution is 6.30. The van der Waals surface area contributed by atoms with Gasteiger partial charge in [0, 0.05) is 36.1 Å². The first-order chi connectivity index (χ1) is 11.6. The maximum absolute atomic E-state index is 11.9. The third kappa shape index (κ3) is 3.79. The number of benzene rings is 1. The number of hydrogen-bond acceptors (Lipinski definition) is 5. The van der Waals surface area contributed by atoms with Gasteiger partial charge in [-0.25, -0.2) is 0 Å². The normalized spacial score (nSPS) is 10.9. The summed E-state index contributed by atoms with van der Waals surface area (Å²) >= 11 is 5.87. The van der Waals surface area contributed by atoms with E-state index in [2.05, 4.69) is 25.8 Å². The Hall–Kier alpha value is -2.71. The molecule has 0 saturated heterocycles. The lowest BCUT2D eigenvalue weighted by Crippen LogP contribution is -2.22. The second kappa shape index (κ2) is 7.24. The van der Waals surface area contributed by atoms with Crippen LogP contribution in [-0.4, -0.2) is 32.0 Å². The monoisotopic (exact) mass is 346 g/mol. The third-order valence-corrected chi connectivity index (χ3v) is 3.56. The van der Waals surface area contributed by atoms with E-state index in [1.54, 1.807) is 34.9 Å². The van der Waals surface area contributed by atoms with Crippen molar-refractivity contribution >= 4 is 28.8 Å². The van der Waals surface area contributed by atoms with Crippen LogP contribution in [0.3, 0.4) is 0 Å². The topological polar surface area (TPSA) is 104 Å². The number of rotatable bonds is 6. The zero-order chi connectivity index (χ0) is 16.9. The number of amides is 1. The van der Waals surface area contributed by atoms with Gasteiger partial charge in [-0.1, -0.05) is 17.7 Å². The second-order valence-corrected chi connectivity index (χ2v) is 5.52. The Bertz CT molecular complexity index is 919. The van der Waals surface area contributed by atoms with Crippen LogP contribution < -0.4 is 16.2 Å². The van der Waals surface area contributed by atoms with Crippen molar-refractivity contribution in [2.45, 2.75) is 13.0 Å². The summed E-state index contributed by atoms with van der Waals surface area (Å²) < 4.78 is 1.61. The minimum atomic E-state index is -0.294. The van der Waals surface area contributed by atoms with Crippen molar-refractivity contribution in [3.8, 4) is 0 Å². The third-order valence-electron chi connectivity index (χ3n) is 3.33. The number of aromatic amines is 1. The van der Waals surface area contributed by atoms with E-state index < -0.39 is 0 Å². The number of H-pyrrole nitrogens is 1. The highest BCUT2D eigenvalue weighted by Crippen LogP contribution is 2.14. The van der Waals surface area contributed by atoms with Crippen molar-refractivity contribution in [2.75, 3.05) is 11.9 Å². The molecule has 0 fully saturated rings. The minimum absolute atomic E-state index is 0.118. The SMILES string of the molecule is O=C(CCNCc1nnc2c(=O)[nH]ccn12)Nc1cccc(Cl)c1. The molecule has 0 saturated carbocycles. The van der Waals surface area contributed by atoms with Gasteiger partial charge < -0.3 is 15.6 Å². The molecule has 8 nitrogen and oxygen atoms in total. The van der Waals surface area contributed by atoms with Crippen LogP contribution in [0.15, 0.2) is 41.5 Å². The Balaban J connectivity index is 1.49. The number of carbonyl (C=O) groups excluding carboxylic acids is 1. The molecule has 0 spiro atoms. The summed E-state index contributed by atoms with van der Waals surface area (Å²) in [5.41, 5.74) is 0.611. The quantitative estimate of drug-likeness (QED) is 0.582. The van der Waals surface area contributed by atoms with Crippen molar-refractivity contribution in [3.05, 3.63) is 57.9 Å². The standard InChI is InChI=1S/C15H15ClN6O2/c16-10-2-1-3-11(8-10)19-13(23)4-5-17-9-12-20-21-14-15(24)18-6-7-22(12)14/h1-3,6-8,17H,4-5,9H2,(H,18,24)(H,19,23). The molecular weight excluding hydrogens is 332 g/mol. The van der Waals surface area contributed by atoms with Crippen LogP contribution in [0.25, 0.3) is 5.65 Å². The molecule has 0 atom stereocenters. The van der Waals surface area contributed by atoms with Gasteiger partial charge >= 0.3 is 0 Å². The van der Waals surface area contributed by atoms with Gasteiger partial charge in [-0.15, -0.1) is 10.2 Å². The molecule has 24 heavy (non-hydrogen) atoms. The fourth-order valence-corrected chi connectivity index (χ4v) is 2.39. The number of fused-ring (bicyclic) bond motifs is 1. The van der Waals surface area contributed by atoms with Gasteiger partial charge in [0.15, 0.2) is 5.82 Å². The first-order valence-electron chi connectivity index (χ1n) is 7.31. The Morgan fingerprint density at radius 2 is 2.21 bits per heavy atom. The van der Waals surface area contributed by atoms with E-state index in [0.717, 1.165) is 0 Å². The van der Waals surface area contributed by atoms with E-state index in [1.165, 1.54) is 6.20 Å². The fourth-order valence-electron chi connectivity index (χ4n) is 2.20. The summed E-state index contributed by atoms with van der Waals surface area (Å²) in [6.07, 6.45) is 3.50. The van der Waals surface area contributed by atoms with Gasteiger partial charge in [-0.2, -0.15) is 0 Å². The summed E-state index contributed by atoms with van der Waals surface area (Å²) in [6.45, 7) is 0.861. The van der Waals surface area contributed by atoms with E-state index >= 15 is 0 Å². The van der Waals surface area contributed by atoms with E-state index in [1.807, 2.05) is 0 Å². The van der Waals surface area contributed by atoms with Crippen molar-refractivity contribution in [3.63, 3.8) is 0 Å². The minimum Gasteiger partial charge on any atom is -0.326 e. The van der Waals surface area contributed by atoms with Crippen LogP contribution in [0.5, 0.6) is 0 Å². The molecule has 0 unspecified atom stereocenters. The Morgan fingerprint density at radius 1 is 1.33 bits per heavy atom. The molecule has 124 valence electrons. The number of halogens is 1. The first kappa shape index (κ1) is 16.2. The number of nitrogens with one attached hydrogen (secondary N) is 3. The average Bonchev–Trinajstić information content (AvgIpc) is 2.96. The lowest BCUT2D eigenvalue weighted by Gasteiger charge is -2.06. The molecule has 3 N–H and O–H groups in total. The van der Waals surface area contributed by atoms with Gasteiger partial charge in [0.05, 0.1) is 6.54 Å². The van der Waals surface area contributed by atoms with Crippen molar-refractivity contribution in [2.24, 2.45) is 0 Å². The van der Waals surface area contributed by atoms with Crippen LogP contribution >= 0.6 is 11.6 Å². The van der Waals surface area contributed by atoms with Crippen LogP contribution in [0.4, 0.5) is 5.69 Å². The second-order valence-electron chi connectivity index (χ2n) is 5.08. The maximum Gasteiger partial charge on any atom is 0.293 e. The zero-order valence-electron chi connectivity index (χ0n) is 12.6. The van der Waals surface area contributed by atoms with Gasteiger partial charge in [0.1, 0.15) is 0 Å². The molecule has 1 amide bonds. The summed E-state index contributed by atoms with van der Waals surface area (Å²) in [5.74, 6) is 0.485. The van der Waals surface area contributed by atoms with E-state index in [0.29, 0.717) is 36.0 Å². The molecule has 0 aliphatic carbocycles. The molecule has 2 aromatic heterocycles. The van der Waals surface area contributed by atoms with Gasteiger partial charge in [0.25, 0.3) is 5.56 Å². The Labute approximate surface area is 141 Å². The van der Waals surface area contributed by atoms with E-state index in [4.69, 9.17) is 11.6 Å². The number of anilines is 1. The largest absolute Gasteiger partial charge is 0.326 e. The van der Waals surface area contributed by atoms with Gasteiger partial charge in [-0.05, 0) is 18.2 Å². The predicted octanol–water partition coefficient (Wildman–Crippen LogP) is 1.19. The van der Waals surface area contributed by atoms with Crippen LogP contribution in [-0.2, 0) is 11.3 Å². The zero-order valence-corrected chi connectivity index (χ0v) is 13.4. The lowest BCUT2D eigenvalue weighted by atomic mass is 10.3. The van der Waals surface area contributed by atoms with E-state index in [9.17, 15) is 9.59 Å². The lowest BCUT2D eigenvalue weighted by molar-refractivity contribution is -0.116. The predicted molar refractivity (Wildman–Crippen MR) is 90.0 cm³/mol. The highest BCUT2D eigenvalue weighted by Gasteiger charge is 2.08. The Kier molecular flexibility index (Phi) is 4.88. The summed E-state index contributed by atoms with van der Waals surface area (Å²) in [6, 6.07) is 6.98. The fraction of sp³-hybridized carbons (Fsp3) is 0.200. The van der Waals surface area contributed by atoms with Crippen molar-refractivity contribution in [1.82, 2.24) is 24.9 Å². The number of carbonyl (C=O) groups is 1. The van der Waals surface area contributed by atoms with E-state index in [-0.39, 0.29) is 17.1 Å². The molecule has 0 radical (unpaired) electrons. The van der Waals surface area contributed by atoms with Crippen LogP contribution in [0, 0.1) is 0 Å². The molecule has 0 bridgehead atoms. The van der Waals surface area contributed by atoms with Gasteiger partial charge in [-0.3, -0.25) is 14.0 Å². The molecule has 0 aliphatic heterocycles. The van der Waals surface area contributed by atoms with Crippen molar-refractivity contribution in [1.29, 1.82) is 0 Å². The molecule has 1 aromatic carbocycles. The number of aromatic nitrogens is 4. The number of hydrogen-bond donors (Lipinski definition) is 3.